The Kier molecular flexibility index (Phi) is 4.80. The van der Waals surface area contributed by atoms with Crippen molar-refractivity contribution < 1.29 is 23.0 Å². The molecule has 94 valence electrons. The van der Waals surface area contributed by atoms with Crippen LogP contribution >= 0.6 is 15.9 Å². The van der Waals surface area contributed by atoms with Crippen molar-refractivity contribution in [2.75, 3.05) is 13.7 Å². The van der Waals surface area contributed by atoms with Crippen LogP contribution in [0, 0.1) is 0 Å². The lowest BCUT2D eigenvalue weighted by molar-refractivity contribution is 0.0518. The molecule has 0 aromatic carbocycles. The highest BCUT2D eigenvalue weighted by Crippen LogP contribution is 2.34. The Bertz CT molecular complexity index is 426. The molecule has 0 bridgehead atoms. The molecule has 0 fully saturated rings. The number of esters is 1. The lowest BCUT2D eigenvalue weighted by Gasteiger charge is -2.11. The standard InChI is InChI=1S/C10H10BrF2NO3/c1-3-17-10(15)6-4-5(9(12)13)7(16-2)8(11)14-6/h4,9H,3H2,1-2H3. The summed E-state index contributed by atoms with van der Waals surface area (Å²) in [6.07, 6.45) is -2.77. The Morgan fingerprint density at radius 1 is 1.59 bits per heavy atom. The van der Waals surface area contributed by atoms with Crippen LogP contribution in [0.4, 0.5) is 8.78 Å². The summed E-state index contributed by atoms with van der Waals surface area (Å²) in [7, 11) is 1.25. The molecule has 0 unspecified atom stereocenters. The van der Waals surface area contributed by atoms with E-state index in [0.717, 1.165) is 6.07 Å². The van der Waals surface area contributed by atoms with Gasteiger partial charge in [-0.1, -0.05) is 0 Å². The van der Waals surface area contributed by atoms with Gasteiger partial charge >= 0.3 is 5.97 Å². The van der Waals surface area contributed by atoms with Crippen LogP contribution in [-0.4, -0.2) is 24.7 Å². The third-order valence-corrected chi connectivity index (χ3v) is 2.42. The van der Waals surface area contributed by atoms with Crippen molar-refractivity contribution in [3.63, 3.8) is 0 Å². The number of rotatable bonds is 4. The minimum absolute atomic E-state index is 0.0425. The molecular weight excluding hydrogens is 300 g/mol. The Balaban J connectivity index is 3.24. The second kappa shape index (κ2) is 5.90. The Hall–Kier alpha value is -1.24. The number of aromatic nitrogens is 1. The van der Waals surface area contributed by atoms with Gasteiger partial charge in [-0.3, -0.25) is 0 Å². The fourth-order valence-electron chi connectivity index (χ4n) is 1.19. The third-order valence-electron chi connectivity index (χ3n) is 1.88. The number of hydrogen-bond acceptors (Lipinski definition) is 4. The number of carbonyl (C=O) groups is 1. The predicted octanol–water partition coefficient (Wildman–Crippen LogP) is 2.97. The molecule has 0 aliphatic heterocycles. The molecule has 0 atom stereocenters. The van der Waals surface area contributed by atoms with Crippen LogP contribution in [0.2, 0.25) is 0 Å². The second-order valence-corrected chi connectivity index (χ2v) is 3.69. The molecule has 4 nitrogen and oxygen atoms in total. The zero-order chi connectivity index (χ0) is 13.0. The van der Waals surface area contributed by atoms with Crippen LogP contribution in [0.3, 0.4) is 0 Å². The van der Waals surface area contributed by atoms with Crippen LogP contribution < -0.4 is 4.74 Å². The van der Waals surface area contributed by atoms with Crippen LogP contribution in [0.15, 0.2) is 10.7 Å². The summed E-state index contributed by atoms with van der Waals surface area (Å²) in [5.74, 6) is -0.842. The molecule has 17 heavy (non-hydrogen) atoms. The molecule has 0 aliphatic carbocycles. The normalized spacial score (nSPS) is 10.5. The largest absolute Gasteiger partial charge is 0.493 e. The molecule has 0 saturated heterocycles. The number of alkyl halides is 2. The van der Waals surface area contributed by atoms with E-state index in [0.29, 0.717) is 0 Å². The summed E-state index contributed by atoms with van der Waals surface area (Å²) < 4.78 is 35.0. The van der Waals surface area contributed by atoms with Gasteiger partial charge in [0.25, 0.3) is 6.43 Å². The molecule has 0 saturated carbocycles. The van der Waals surface area contributed by atoms with E-state index in [1.54, 1.807) is 6.92 Å². The SMILES string of the molecule is CCOC(=O)c1cc(C(F)F)c(OC)c(Br)n1. The van der Waals surface area contributed by atoms with Gasteiger partial charge in [-0.05, 0) is 28.9 Å². The van der Waals surface area contributed by atoms with E-state index in [1.807, 2.05) is 0 Å². The molecule has 1 rings (SSSR count). The maximum absolute atomic E-state index is 12.7. The number of halogens is 3. The molecule has 0 spiro atoms. The number of ether oxygens (including phenoxy) is 2. The van der Waals surface area contributed by atoms with Crippen LogP contribution in [0.5, 0.6) is 5.75 Å². The fourth-order valence-corrected chi connectivity index (χ4v) is 1.78. The maximum Gasteiger partial charge on any atom is 0.356 e. The molecule has 0 radical (unpaired) electrons. The van der Waals surface area contributed by atoms with Crippen molar-refractivity contribution in [1.29, 1.82) is 0 Å². The van der Waals surface area contributed by atoms with Gasteiger partial charge in [0.1, 0.15) is 10.3 Å². The summed E-state index contributed by atoms with van der Waals surface area (Å²) in [5, 5.41) is 0. The van der Waals surface area contributed by atoms with Gasteiger partial charge in [-0.25, -0.2) is 18.6 Å². The van der Waals surface area contributed by atoms with Gasteiger partial charge in [0, 0.05) is 0 Å². The Morgan fingerprint density at radius 3 is 2.71 bits per heavy atom. The summed E-state index contributed by atoms with van der Waals surface area (Å²) >= 11 is 2.97. The Morgan fingerprint density at radius 2 is 2.24 bits per heavy atom. The highest BCUT2D eigenvalue weighted by molar-refractivity contribution is 9.10. The first-order chi connectivity index (χ1) is 8.01. The van der Waals surface area contributed by atoms with Crippen molar-refractivity contribution in [3.8, 4) is 5.75 Å². The number of nitrogens with zero attached hydrogens (tertiary/aromatic N) is 1. The molecule has 1 aromatic rings. The number of carbonyl (C=O) groups excluding carboxylic acids is 1. The van der Waals surface area contributed by atoms with Crippen molar-refractivity contribution in [1.82, 2.24) is 4.98 Å². The average Bonchev–Trinajstić information content (AvgIpc) is 2.28. The summed E-state index contributed by atoms with van der Waals surface area (Å²) in [6.45, 7) is 1.76. The van der Waals surface area contributed by atoms with E-state index in [2.05, 4.69) is 25.7 Å². The van der Waals surface area contributed by atoms with E-state index in [9.17, 15) is 13.6 Å². The first-order valence-electron chi connectivity index (χ1n) is 4.71. The zero-order valence-electron chi connectivity index (χ0n) is 9.17. The van der Waals surface area contributed by atoms with Gasteiger partial charge < -0.3 is 9.47 Å². The van der Waals surface area contributed by atoms with Crippen LogP contribution in [-0.2, 0) is 4.74 Å². The number of methoxy groups -OCH3 is 1. The quantitative estimate of drug-likeness (QED) is 0.634. The highest BCUT2D eigenvalue weighted by Gasteiger charge is 2.22. The van der Waals surface area contributed by atoms with Crippen molar-refractivity contribution in [3.05, 3.63) is 21.9 Å². The summed E-state index contributed by atoms with van der Waals surface area (Å²) in [4.78, 5) is 15.2. The van der Waals surface area contributed by atoms with Crippen molar-refractivity contribution in [2.24, 2.45) is 0 Å². The zero-order valence-corrected chi connectivity index (χ0v) is 10.8. The van der Waals surface area contributed by atoms with Crippen molar-refractivity contribution in [2.45, 2.75) is 13.3 Å². The lowest BCUT2D eigenvalue weighted by Crippen LogP contribution is -2.09. The summed E-state index contributed by atoms with van der Waals surface area (Å²) in [6, 6.07) is 0.965. The fraction of sp³-hybridized carbons (Fsp3) is 0.400. The monoisotopic (exact) mass is 309 g/mol. The smallest absolute Gasteiger partial charge is 0.356 e. The van der Waals surface area contributed by atoms with E-state index in [-0.39, 0.29) is 22.7 Å². The minimum atomic E-state index is -2.77. The molecule has 7 heteroatoms. The van der Waals surface area contributed by atoms with Gasteiger partial charge in [-0.15, -0.1) is 0 Å². The van der Waals surface area contributed by atoms with Gasteiger partial charge in [0.05, 0.1) is 19.3 Å². The van der Waals surface area contributed by atoms with Gasteiger partial charge in [0.15, 0.2) is 5.75 Å². The highest BCUT2D eigenvalue weighted by atomic mass is 79.9. The second-order valence-electron chi connectivity index (χ2n) is 2.94. The van der Waals surface area contributed by atoms with Gasteiger partial charge in [0.2, 0.25) is 0 Å². The van der Waals surface area contributed by atoms with E-state index in [1.165, 1.54) is 7.11 Å². The molecular formula is C10H10BrF2NO3. The topological polar surface area (TPSA) is 48.4 Å². The summed E-state index contributed by atoms with van der Waals surface area (Å²) in [5.41, 5.74) is -0.591. The molecule has 1 heterocycles. The molecule has 0 aliphatic rings. The average molecular weight is 310 g/mol. The molecule has 1 aromatic heterocycles. The maximum atomic E-state index is 12.7. The third kappa shape index (κ3) is 3.12. The van der Waals surface area contributed by atoms with Crippen molar-refractivity contribution >= 4 is 21.9 Å². The first kappa shape index (κ1) is 13.8. The van der Waals surface area contributed by atoms with Gasteiger partial charge in [-0.2, -0.15) is 0 Å². The molecule has 0 N–H and O–H groups in total. The van der Waals surface area contributed by atoms with Crippen LogP contribution in [0.25, 0.3) is 0 Å². The first-order valence-corrected chi connectivity index (χ1v) is 5.50. The van der Waals surface area contributed by atoms with E-state index >= 15 is 0 Å². The van der Waals surface area contributed by atoms with Crippen LogP contribution in [0.1, 0.15) is 29.4 Å². The molecule has 0 amide bonds. The lowest BCUT2D eigenvalue weighted by atomic mass is 10.2. The predicted molar refractivity (Wildman–Crippen MR) is 59.4 cm³/mol. The number of hydrogen-bond donors (Lipinski definition) is 0. The Labute approximate surface area is 105 Å². The van der Waals surface area contributed by atoms with E-state index < -0.39 is 18.0 Å². The minimum Gasteiger partial charge on any atom is -0.493 e. The van der Waals surface area contributed by atoms with E-state index in [4.69, 9.17) is 4.74 Å². The number of pyridine rings is 1.